The van der Waals surface area contributed by atoms with Gasteiger partial charge in [0.1, 0.15) is 13.2 Å². The second kappa shape index (κ2) is 7.12. The zero-order valence-corrected chi connectivity index (χ0v) is 13.6. The Morgan fingerprint density at radius 1 is 1.24 bits per heavy atom. The van der Waals surface area contributed by atoms with Crippen molar-refractivity contribution in [3.63, 3.8) is 0 Å². The summed E-state index contributed by atoms with van der Waals surface area (Å²) >= 11 is 0. The van der Waals surface area contributed by atoms with Crippen LogP contribution < -0.4 is 0 Å². The predicted molar refractivity (Wildman–Crippen MR) is 91.2 cm³/mol. The largest absolute Gasteiger partial charge is 0.480 e. The van der Waals surface area contributed by atoms with Crippen LogP contribution in [0.25, 0.3) is 11.3 Å². The van der Waals surface area contributed by atoms with Crippen LogP contribution in [0.3, 0.4) is 0 Å². The summed E-state index contributed by atoms with van der Waals surface area (Å²) in [6.45, 7) is 0.144. The van der Waals surface area contributed by atoms with Gasteiger partial charge in [-0.05, 0) is 24.3 Å². The molecule has 0 spiro atoms. The van der Waals surface area contributed by atoms with Gasteiger partial charge in [-0.25, -0.2) is 4.79 Å². The fourth-order valence-electron chi connectivity index (χ4n) is 2.82. The van der Waals surface area contributed by atoms with Crippen molar-refractivity contribution in [3.8, 4) is 11.3 Å². The molecule has 1 aromatic carbocycles. The van der Waals surface area contributed by atoms with Gasteiger partial charge >= 0.3 is 5.97 Å². The van der Waals surface area contributed by atoms with Crippen LogP contribution >= 0.6 is 0 Å². The smallest absolute Gasteiger partial charge is 0.326 e. The molecule has 1 fully saturated rings. The maximum Gasteiger partial charge on any atom is 0.326 e. The number of pyridine rings is 1. The molecule has 1 aliphatic rings. The van der Waals surface area contributed by atoms with Crippen LogP contribution in [-0.4, -0.2) is 52.3 Å². The molecule has 1 aromatic heterocycles. The molecule has 1 N–H and O–H groups in total. The summed E-state index contributed by atoms with van der Waals surface area (Å²) in [5.41, 5.74) is 2.65. The topological polar surface area (TPSA) is 92.1 Å². The molecule has 25 heavy (non-hydrogen) atoms. The average molecular weight is 339 g/mol. The number of carboxylic acid groups (broad SMARTS) is 1. The fraction of sp³-hybridized carbons (Fsp3) is 0.222. The van der Waals surface area contributed by atoms with Gasteiger partial charge in [-0.15, -0.1) is 0 Å². The quantitative estimate of drug-likeness (QED) is 0.861. The van der Waals surface area contributed by atoms with Gasteiger partial charge in [0.25, 0.3) is 5.91 Å². The maximum absolute atomic E-state index is 12.7. The van der Waals surface area contributed by atoms with Gasteiger partial charge in [0.05, 0.1) is 18.0 Å². The van der Waals surface area contributed by atoms with E-state index in [2.05, 4.69) is 10.1 Å². The second-order valence-corrected chi connectivity index (χ2v) is 5.62. The number of carbonyl (C=O) groups excluding carboxylic acids is 1. The Balaban J connectivity index is 1.82. The van der Waals surface area contributed by atoms with Gasteiger partial charge < -0.3 is 14.8 Å². The molecule has 7 nitrogen and oxygen atoms in total. The van der Waals surface area contributed by atoms with E-state index >= 15 is 0 Å². The highest BCUT2D eigenvalue weighted by Gasteiger charge is 2.38. The van der Waals surface area contributed by atoms with E-state index in [0.717, 1.165) is 11.3 Å². The first-order valence-electron chi connectivity index (χ1n) is 7.74. The van der Waals surface area contributed by atoms with E-state index in [4.69, 9.17) is 4.84 Å². The molecule has 1 aliphatic heterocycles. The van der Waals surface area contributed by atoms with E-state index in [9.17, 15) is 14.7 Å². The van der Waals surface area contributed by atoms with Gasteiger partial charge in [-0.2, -0.15) is 0 Å². The number of likely N-dealkylation sites (tertiary alicyclic amines) is 1. The molecule has 2 aromatic rings. The van der Waals surface area contributed by atoms with E-state index in [1.807, 2.05) is 18.2 Å². The number of hydrogen-bond acceptors (Lipinski definition) is 5. The Morgan fingerprint density at radius 3 is 2.60 bits per heavy atom. The Labute approximate surface area is 144 Å². The van der Waals surface area contributed by atoms with Crippen molar-refractivity contribution in [2.75, 3.05) is 13.7 Å². The molecule has 0 radical (unpaired) electrons. The van der Waals surface area contributed by atoms with Crippen molar-refractivity contribution in [1.82, 2.24) is 9.88 Å². The molecule has 128 valence electrons. The van der Waals surface area contributed by atoms with Crippen molar-refractivity contribution in [1.29, 1.82) is 0 Å². The Kier molecular flexibility index (Phi) is 4.74. The van der Waals surface area contributed by atoms with Crippen molar-refractivity contribution in [3.05, 3.63) is 54.2 Å². The lowest BCUT2D eigenvalue weighted by molar-refractivity contribution is -0.141. The van der Waals surface area contributed by atoms with Crippen LogP contribution in [0, 0.1) is 0 Å². The minimum atomic E-state index is -1.06. The standard InChI is InChI=1S/C18H17N3O4/c1-25-20-14-10-16(18(23)24)21(11-14)17(22)13-7-5-12(6-8-13)15-4-2-3-9-19-15/h2-9,16H,10-11H2,1H3,(H,23,24)/t16-/m0/s1. The number of benzene rings is 1. The molecule has 0 saturated carbocycles. The molecule has 1 atom stereocenters. The van der Waals surface area contributed by atoms with Gasteiger partial charge in [0, 0.05) is 23.7 Å². The monoisotopic (exact) mass is 339 g/mol. The zero-order chi connectivity index (χ0) is 17.8. The lowest BCUT2D eigenvalue weighted by atomic mass is 10.1. The number of carboxylic acids is 1. The van der Waals surface area contributed by atoms with Gasteiger partial charge in [-0.3, -0.25) is 9.78 Å². The maximum atomic E-state index is 12.7. The highest BCUT2D eigenvalue weighted by atomic mass is 16.6. The number of amides is 1. The minimum Gasteiger partial charge on any atom is -0.480 e. The summed E-state index contributed by atoms with van der Waals surface area (Å²) in [5, 5.41) is 13.1. The van der Waals surface area contributed by atoms with E-state index in [0.29, 0.717) is 11.3 Å². The number of hydrogen-bond donors (Lipinski definition) is 1. The first-order chi connectivity index (χ1) is 12.1. The van der Waals surface area contributed by atoms with Crippen LogP contribution in [0.4, 0.5) is 0 Å². The normalized spacial score (nSPS) is 18.4. The molecule has 7 heteroatoms. The SMILES string of the molecule is CON=C1C[C@@H](C(=O)O)N(C(=O)c2ccc(-c3ccccn3)cc2)C1. The average Bonchev–Trinajstić information content (AvgIpc) is 3.07. The molecule has 1 amide bonds. The van der Waals surface area contributed by atoms with E-state index < -0.39 is 12.0 Å². The number of rotatable bonds is 4. The summed E-state index contributed by atoms with van der Waals surface area (Å²) in [4.78, 5) is 34.4. The Hall–Kier alpha value is -3.22. The number of aromatic nitrogens is 1. The van der Waals surface area contributed by atoms with Crippen LogP contribution in [-0.2, 0) is 9.63 Å². The third-order valence-corrected chi connectivity index (χ3v) is 4.02. The molecule has 0 aliphatic carbocycles. The number of carbonyl (C=O) groups is 2. The molecule has 0 bridgehead atoms. The summed E-state index contributed by atoms with van der Waals surface area (Å²) in [6.07, 6.45) is 1.87. The van der Waals surface area contributed by atoms with Crippen LogP contribution in [0.2, 0.25) is 0 Å². The molecular formula is C18H17N3O4. The Morgan fingerprint density at radius 2 is 2.00 bits per heavy atom. The third-order valence-electron chi connectivity index (χ3n) is 4.02. The molecule has 1 saturated heterocycles. The van der Waals surface area contributed by atoms with Crippen molar-refractivity contribution in [2.24, 2.45) is 5.16 Å². The lowest BCUT2D eigenvalue weighted by Crippen LogP contribution is -2.40. The number of aliphatic carboxylic acids is 1. The highest BCUT2D eigenvalue weighted by Crippen LogP contribution is 2.22. The van der Waals surface area contributed by atoms with Crippen molar-refractivity contribution >= 4 is 17.6 Å². The molecule has 0 unspecified atom stereocenters. The lowest BCUT2D eigenvalue weighted by Gasteiger charge is -2.20. The van der Waals surface area contributed by atoms with Crippen LogP contribution in [0.1, 0.15) is 16.8 Å². The molecular weight excluding hydrogens is 322 g/mol. The fourth-order valence-corrected chi connectivity index (χ4v) is 2.82. The first-order valence-corrected chi connectivity index (χ1v) is 7.74. The summed E-state index contributed by atoms with van der Waals surface area (Å²) in [7, 11) is 1.39. The van der Waals surface area contributed by atoms with Crippen molar-refractivity contribution < 1.29 is 19.5 Å². The van der Waals surface area contributed by atoms with Crippen molar-refractivity contribution in [2.45, 2.75) is 12.5 Å². The van der Waals surface area contributed by atoms with Crippen LogP contribution in [0.5, 0.6) is 0 Å². The Bertz CT molecular complexity index is 803. The number of oxime groups is 1. The summed E-state index contributed by atoms with van der Waals surface area (Å²) in [5.74, 6) is -1.40. The summed E-state index contributed by atoms with van der Waals surface area (Å²) < 4.78 is 0. The van der Waals surface area contributed by atoms with Gasteiger partial charge in [0.15, 0.2) is 0 Å². The third kappa shape index (κ3) is 3.50. The second-order valence-electron chi connectivity index (χ2n) is 5.62. The van der Waals surface area contributed by atoms with Crippen LogP contribution in [0.15, 0.2) is 53.8 Å². The van der Waals surface area contributed by atoms with E-state index in [1.54, 1.807) is 30.5 Å². The van der Waals surface area contributed by atoms with E-state index in [-0.39, 0.29) is 18.9 Å². The highest BCUT2D eigenvalue weighted by molar-refractivity contribution is 6.04. The zero-order valence-electron chi connectivity index (χ0n) is 13.6. The molecule has 3 rings (SSSR count). The van der Waals surface area contributed by atoms with Gasteiger partial charge in [-0.1, -0.05) is 23.4 Å². The summed E-state index contributed by atoms with van der Waals surface area (Å²) in [6, 6.07) is 11.6. The minimum absolute atomic E-state index is 0.144. The van der Waals surface area contributed by atoms with Gasteiger partial charge in [0.2, 0.25) is 0 Å². The predicted octanol–water partition coefficient (Wildman–Crippen LogP) is 2.05. The molecule has 2 heterocycles. The van der Waals surface area contributed by atoms with E-state index in [1.165, 1.54) is 12.0 Å². The first kappa shape index (κ1) is 16.6. The number of nitrogens with zero attached hydrogens (tertiary/aromatic N) is 3.